The fourth-order valence-electron chi connectivity index (χ4n) is 2.70. The van der Waals surface area contributed by atoms with Crippen molar-refractivity contribution in [1.82, 2.24) is 25.1 Å². The van der Waals surface area contributed by atoms with Crippen LogP contribution in [0.2, 0.25) is 0 Å². The molecule has 0 aliphatic carbocycles. The van der Waals surface area contributed by atoms with Crippen molar-refractivity contribution < 1.29 is 18.0 Å². The second-order valence-electron chi connectivity index (χ2n) is 6.35. The molecular formula is C19H18F3N5OS. The summed E-state index contributed by atoms with van der Waals surface area (Å²) in [6.45, 7) is 2.56. The van der Waals surface area contributed by atoms with E-state index >= 15 is 0 Å². The van der Waals surface area contributed by atoms with Gasteiger partial charge in [0.1, 0.15) is 6.54 Å². The van der Waals surface area contributed by atoms with Crippen molar-refractivity contribution in [3.63, 3.8) is 0 Å². The number of carbonyl (C=O) groups is 1. The first kappa shape index (κ1) is 20.8. The molecule has 2 aromatic heterocycles. The average Bonchev–Trinajstić information content (AvgIpc) is 3.08. The zero-order valence-corrected chi connectivity index (χ0v) is 16.5. The number of hydrogen-bond acceptors (Lipinski definition) is 5. The molecule has 0 saturated carbocycles. The van der Waals surface area contributed by atoms with E-state index in [9.17, 15) is 18.0 Å². The maximum Gasteiger partial charge on any atom is 0.405 e. The van der Waals surface area contributed by atoms with Crippen LogP contribution in [0.1, 0.15) is 11.1 Å². The van der Waals surface area contributed by atoms with Crippen LogP contribution in [0.15, 0.2) is 47.9 Å². The molecule has 3 aromatic rings. The Hall–Kier alpha value is -2.88. The third-order valence-corrected chi connectivity index (χ3v) is 4.89. The lowest BCUT2D eigenvalue weighted by Crippen LogP contribution is -2.34. The Labute approximate surface area is 169 Å². The lowest BCUT2D eigenvalue weighted by molar-refractivity contribution is -0.136. The van der Waals surface area contributed by atoms with Crippen molar-refractivity contribution in [2.24, 2.45) is 0 Å². The molecular weight excluding hydrogens is 403 g/mol. The number of hydrogen-bond donors (Lipinski definition) is 1. The van der Waals surface area contributed by atoms with E-state index in [1.165, 1.54) is 0 Å². The fourth-order valence-corrected chi connectivity index (χ4v) is 3.47. The van der Waals surface area contributed by atoms with Gasteiger partial charge in [-0.3, -0.25) is 14.3 Å². The summed E-state index contributed by atoms with van der Waals surface area (Å²) >= 11 is 1.02. The first-order valence-corrected chi connectivity index (χ1v) is 9.63. The molecule has 1 N–H and O–H groups in total. The molecule has 0 atom stereocenters. The lowest BCUT2D eigenvalue weighted by atomic mass is 10.1. The summed E-state index contributed by atoms with van der Waals surface area (Å²) in [6, 6.07) is 9.48. The monoisotopic (exact) mass is 421 g/mol. The molecule has 0 fully saturated rings. The summed E-state index contributed by atoms with van der Waals surface area (Å²) in [6.07, 6.45) is -1.16. The van der Waals surface area contributed by atoms with Gasteiger partial charge in [-0.1, -0.05) is 29.5 Å². The van der Waals surface area contributed by atoms with Crippen LogP contribution in [0.5, 0.6) is 0 Å². The third kappa shape index (κ3) is 5.35. The molecule has 1 aromatic carbocycles. The zero-order valence-electron chi connectivity index (χ0n) is 15.7. The molecule has 0 aliphatic heterocycles. The molecule has 0 bridgehead atoms. The number of pyridine rings is 1. The van der Waals surface area contributed by atoms with E-state index < -0.39 is 18.6 Å². The Morgan fingerprint density at radius 1 is 1.21 bits per heavy atom. The molecule has 6 nitrogen and oxygen atoms in total. The Bertz CT molecular complexity index is 1000. The largest absolute Gasteiger partial charge is 0.405 e. The number of thioether (sulfide) groups is 1. The quantitative estimate of drug-likeness (QED) is 0.615. The fraction of sp³-hybridized carbons (Fsp3) is 0.263. The third-order valence-electron chi connectivity index (χ3n) is 3.96. The van der Waals surface area contributed by atoms with Gasteiger partial charge < -0.3 is 5.32 Å². The maximum absolute atomic E-state index is 12.3. The first-order valence-electron chi connectivity index (χ1n) is 8.64. The number of halogens is 3. The van der Waals surface area contributed by atoms with Gasteiger partial charge in [-0.05, 0) is 37.6 Å². The molecule has 0 radical (unpaired) electrons. The van der Waals surface area contributed by atoms with Gasteiger partial charge >= 0.3 is 6.18 Å². The van der Waals surface area contributed by atoms with Crippen molar-refractivity contribution >= 4 is 17.7 Å². The Kier molecular flexibility index (Phi) is 6.21. The summed E-state index contributed by atoms with van der Waals surface area (Å²) in [4.78, 5) is 15.9. The minimum Gasteiger partial charge on any atom is -0.346 e. The van der Waals surface area contributed by atoms with Crippen molar-refractivity contribution in [2.45, 2.75) is 25.2 Å². The van der Waals surface area contributed by atoms with Crippen molar-refractivity contribution in [3.05, 3.63) is 53.9 Å². The molecule has 0 saturated heterocycles. The van der Waals surface area contributed by atoms with E-state index in [0.717, 1.165) is 34.1 Å². The van der Waals surface area contributed by atoms with Crippen LogP contribution in [0, 0.1) is 13.8 Å². The number of nitrogens with one attached hydrogen (secondary N) is 1. The van der Waals surface area contributed by atoms with Crippen molar-refractivity contribution in [2.75, 3.05) is 12.3 Å². The minimum absolute atomic E-state index is 0.216. The highest BCUT2D eigenvalue weighted by Crippen LogP contribution is 2.29. The van der Waals surface area contributed by atoms with E-state index in [-0.39, 0.29) is 5.75 Å². The van der Waals surface area contributed by atoms with E-state index in [0.29, 0.717) is 11.0 Å². The second-order valence-corrected chi connectivity index (χ2v) is 7.30. The van der Waals surface area contributed by atoms with Gasteiger partial charge in [0.15, 0.2) is 11.0 Å². The second kappa shape index (κ2) is 8.64. The summed E-state index contributed by atoms with van der Waals surface area (Å²) in [7, 11) is 0. The van der Waals surface area contributed by atoms with Gasteiger partial charge in [-0.25, -0.2) is 0 Å². The smallest absolute Gasteiger partial charge is 0.346 e. The molecule has 152 valence electrons. The van der Waals surface area contributed by atoms with Gasteiger partial charge in [0.25, 0.3) is 0 Å². The standard InChI is InChI=1S/C19H18F3N5OS/c1-12-5-6-15(13(2)8-12)27-17(14-4-3-7-23-9-14)25-26-18(27)29-10-16(28)24-11-19(20,21)22/h3-9H,10-11H2,1-2H3,(H,24,28). The van der Waals surface area contributed by atoms with Crippen molar-refractivity contribution in [1.29, 1.82) is 0 Å². The number of aryl methyl sites for hydroxylation is 2. The number of amides is 1. The molecule has 3 rings (SSSR count). The molecule has 2 heterocycles. The summed E-state index contributed by atoms with van der Waals surface area (Å²) in [5, 5.41) is 10.6. The number of aromatic nitrogens is 4. The van der Waals surface area contributed by atoms with Gasteiger partial charge in [-0.2, -0.15) is 13.2 Å². The highest BCUT2D eigenvalue weighted by molar-refractivity contribution is 7.99. The van der Waals surface area contributed by atoms with Gasteiger partial charge in [0, 0.05) is 18.0 Å². The number of carbonyl (C=O) groups excluding carboxylic acids is 1. The van der Waals surface area contributed by atoms with E-state index in [2.05, 4.69) is 15.2 Å². The summed E-state index contributed by atoms with van der Waals surface area (Å²) < 4.78 is 38.6. The molecule has 0 unspecified atom stereocenters. The number of benzene rings is 1. The van der Waals surface area contributed by atoms with Crippen LogP contribution in [0.3, 0.4) is 0 Å². The number of rotatable bonds is 6. The van der Waals surface area contributed by atoms with Crippen LogP contribution in [0.4, 0.5) is 13.2 Å². The van der Waals surface area contributed by atoms with Gasteiger partial charge in [-0.15, -0.1) is 10.2 Å². The Balaban J connectivity index is 1.91. The summed E-state index contributed by atoms with van der Waals surface area (Å²) in [5.74, 6) is -0.416. The Morgan fingerprint density at radius 2 is 2.00 bits per heavy atom. The maximum atomic E-state index is 12.3. The van der Waals surface area contributed by atoms with Crippen LogP contribution >= 0.6 is 11.8 Å². The number of nitrogens with zero attached hydrogens (tertiary/aromatic N) is 4. The first-order chi connectivity index (χ1) is 13.7. The summed E-state index contributed by atoms with van der Waals surface area (Å²) in [5.41, 5.74) is 3.60. The van der Waals surface area contributed by atoms with E-state index in [1.54, 1.807) is 23.0 Å². The molecule has 10 heteroatoms. The van der Waals surface area contributed by atoms with E-state index in [1.807, 2.05) is 43.4 Å². The Morgan fingerprint density at radius 3 is 2.66 bits per heavy atom. The van der Waals surface area contributed by atoms with Crippen LogP contribution < -0.4 is 5.32 Å². The SMILES string of the molecule is Cc1ccc(-n2c(SCC(=O)NCC(F)(F)F)nnc2-c2cccnc2)c(C)c1. The van der Waals surface area contributed by atoms with Crippen molar-refractivity contribution in [3.8, 4) is 17.1 Å². The van der Waals surface area contributed by atoms with Crippen LogP contribution in [-0.4, -0.2) is 44.1 Å². The highest BCUT2D eigenvalue weighted by atomic mass is 32.2. The van der Waals surface area contributed by atoms with E-state index in [4.69, 9.17) is 0 Å². The molecule has 0 spiro atoms. The van der Waals surface area contributed by atoms with Crippen LogP contribution in [-0.2, 0) is 4.79 Å². The normalized spacial score (nSPS) is 11.5. The highest BCUT2D eigenvalue weighted by Gasteiger charge is 2.28. The van der Waals surface area contributed by atoms with Gasteiger partial charge in [0.2, 0.25) is 5.91 Å². The molecule has 29 heavy (non-hydrogen) atoms. The van der Waals surface area contributed by atoms with Gasteiger partial charge in [0.05, 0.1) is 11.4 Å². The molecule has 0 aliphatic rings. The molecule has 1 amide bonds. The minimum atomic E-state index is -4.45. The van der Waals surface area contributed by atoms with Crippen LogP contribution in [0.25, 0.3) is 17.1 Å². The lowest BCUT2D eigenvalue weighted by Gasteiger charge is -2.13. The topological polar surface area (TPSA) is 72.7 Å². The average molecular weight is 421 g/mol. The predicted octanol–water partition coefficient (Wildman–Crippen LogP) is 3.72. The number of alkyl halides is 3. The zero-order chi connectivity index (χ0) is 21.0. The predicted molar refractivity (Wildman–Crippen MR) is 104 cm³/mol.